The van der Waals surface area contributed by atoms with E-state index in [-0.39, 0.29) is 12.5 Å². The molecule has 1 aromatic heterocycles. The average molecular weight is 354 g/mol. The van der Waals surface area contributed by atoms with Crippen LogP contribution in [0, 0.1) is 13.8 Å². The van der Waals surface area contributed by atoms with Gasteiger partial charge in [0.05, 0.1) is 12.1 Å². The van der Waals surface area contributed by atoms with Gasteiger partial charge in [-0.1, -0.05) is 6.07 Å². The standard InChI is InChI=1S/C19H22N4O3/c1-11-8-16(12(2)23(11)15-6-7-15)19(26)22-14-5-3-4-13(9-14)18(25)21-10-17(20)24/h3-5,8-9,15H,6-7,10H2,1-2H3,(H2,20,24)(H,21,25)(H,22,26). The van der Waals surface area contributed by atoms with E-state index in [0.29, 0.717) is 22.9 Å². The van der Waals surface area contributed by atoms with Crippen molar-refractivity contribution in [2.45, 2.75) is 32.7 Å². The molecule has 0 atom stereocenters. The Labute approximate surface area is 151 Å². The predicted octanol–water partition coefficient (Wildman–Crippen LogP) is 1.91. The number of aromatic nitrogens is 1. The van der Waals surface area contributed by atoms with Crippen LogP contribution in [0.25, 0.3) is 0 Å². The van der Waals surface area contributed by atoms with E-state index >= 15 is 0 Å². The second-order valence-electron chi connectivity index (χ2n) is 6.57. The zero-order chi connectivity index (χ0) is 18.8. The Kier molecular flexibility index (Phi) is 4.79. The van der Waals surface area contributed by atoms with Crippen molar-refractivity contribution in [2.75, 3.05) is 11.9 Å². The number of benzene rings is 1. The molecule has 0 aliphatic heterocycles. The Balaban J connectivity index is 1.74. The molecule has 3 amide bonds. The summed E-state index contributed by atoms with van der Waals surface area (Å²) >= 11 is 0. The Morgan fingerprint density at radius 1 is 1.15 bits per heavy atom. The lowest BCUT2D eigenvalue weighted by Crippen LogP contribution is -2.33. The number of rotatable bonds is 6. The molecule has 0 bridgehead atoms. The van der Waals surface area contributed by atoms with Crippen LogP contribution < -0.4 is 16.4 Å². The number of nitrogens with one attached hydrogen (secondary N) is 2. The molecule has 0 radical (unpaired) electrons. The molecule has 136 valence electrons. The molecule has 0 saturated heterocycles. The van der Waals surface area contributed by atoms with Gasteiger partial charge in [0, 0.05) is 28.7 Å². The highest BCUT2D eigenvalue weighted by Gasteiger charge is 2.28. The third-order valence-electron chi connectivity index (χ3n) is 4.45. The number of aryl methyl sites for hydroxylation is 1. The minimum absolute atomic E-state index is 0.209. The summed E-state index contributed by atoms with van der Waals surface area (Å²) in [5.74, 6) is -1.25. The van der Waals surface area contributed by atoms with E-state index in [9.17, 15) is 14.4 Å². The molecule has 1 saturated carbocycles. The second kappa shape index (κ2) is 7.03. The molecule has 26 heavy (non-hydrogen) atoms. The quantitative estimate of drug-likeness (QED) is 0.737. The fraction of sp³-hybridized carbons (Fsp3) is 0.316. The topological polar surface area (TPSA) is 106 Å². The molecule has 7 nitrogen and oxygen atoms in total. The van der Waals surface area contributed by atoms with E-state index < -0.39 is 11.8 Å². The van der Waals surface area contributed by atoms with Gasteiger partial charge in [-0.05, 0) is 51.0 Å². The Bertz CT molecular complexity index is 881. The van der Waals surface area contributed by atoms with E-state index in [1.165, 1.54) is 0 Å². The summed E-state index contributed by atoms with van der Waals surface area (Å²) in [6, 6.07) is 8.95. The van der Waals surface area contributed by atoms with E-state index in [0.717, 1.165) is 24.2 Å². The minimum Gasteiger partial charge on any atom is -0.368 e. The van der Waals surface area contributed by atoms with Gasteiger partial charge in [-0.3, -0.25) is 14.4 Å². The highest BCUT2D eigenvalue weighted by Crippen LogP contribution is 2.38. The van der Waals surface area contributed by atoms with Crippen LogP contribution in [-0.2, 0) is 4.79 Å². The fourth-order valence-electron chi connectivity index (χ4n) is 3.11. The highest BCUT2D eigenvalue weighted by atomic mass is 16.2. The van der Waals surface area contributed by atoms with Gasteiger partial charge >= 0.3 is 0 Å². The number of amides is 3. The molecule has 4 N–H and O–H groups in total. The van der Waals surface area contributed by atoms with Gasteiger partial charge in [0.2, 0.25) is 5.91 Å². The lowest BCUT2D eigenvalue weighted by Gasteiger charge is -2.09. The zero-order valence-electron chi connectivity index (χ0n) is 14.8. The summed E-state index contributed by atoms with van der Waals surface area (Å²) < 4.78 is 2.21. The molecular formula is C19H22N4O3. The van der Waals surface area contributed by atoms with Gasteiger partial charge in [0.15, 0.2) is 0 Å². The molecular weight excluding hydrogens is 332 g/mol. The molecule has 1 aliphatic carbocycles. The maximum absolute atomic E-state index is 12.7. The van der Waals surface area contributed by atoms with Crippen molar-refractivity contribution in [3.05, 3.63) is 52.8 Å². The first-order valence-electron chi connectivity index (χ1n) is 8.53. The van der Waals surface area contributed by atoms with Crippen molar-refractivity contribution in [3.63, 3.8) is 0 Å². The summed E-state index contributed by atoms with van der Waals surface area (Å²) in [4.78, 5) is 35.4. The first-order chi connectivity index (χ1) is 12.4. The van der Waals surface area contributed by atoms with Crippen molar-refractivity contribution in [2.24, 2.45) is 5.73 Å². The number of carbonyl (C=O) groups excluding carboxylic acids is 3. The maximum Gasteiger partial charge on any atom is 0.257 e. The third kappa shape index (κ3) is 3.77. The van der Waals surface area contributed by atoms with E-state index in [1.54, 1.807) is 24.3 Å². The number of anilines is 1. The van der Waals surface area contributed by atoms with Crippen LogP contribution in [0.3, 0.4) is 0 Å². The lowest BCUT2D eigenvalue weighted by atomic mass is 10.1. The summed E-state index contributed by atoms with van der Waals surface area (Å²) in [6.45, 7) is 3.72. The van der Waals surface area contributed by atoms with Crippen LogP contribution in [0.4, 0.5) is 5.69 Å². The van der Waals surface area contributed by atoms with E-state index in [1.807, 2.05) is 19.9 Å². The van der Waals surface area contributed by atoms with Gasteiger partial charge in [0.25, 0.3) is 11.8 Å². The van der Waals surface area contributed by atoms with Crippen LogP contribution in [0.1, 0.15) is 51.0 Å². The summed E-state index contributed by atoms with van der Waals surface area (Å²) in [5.41, 5.74) is 8.54. The van der Waals surface area contributed by atoms with Crippen molar-refractivity contribution in [3.8, 4) is 0 Å². The zero-order valence-corrected chi connectivity index (χ0v) is 14.8. The molecule has 1 aliphatic rings. The van der Waals surface area contributed by atoms with Gasteiger partial charge < -0.3 is 20.9 Å². The van der Waals surface area contributed by atoms with Crippen LogP contribution in [0.5, 0.6) is 0 Å². The molecule has 0 spiro atoms. The third-order valence-corrected chi connectivity index (χ3v) is 4.45. The minimum atomic E-state index is -0.617. The highest BCUT2D eigenvalue weighted by molar-refractivity contribution is 6.06. The second-order valence-corrected chi connectivity index (χ2v) is 6.57. The molecule has 3 rings (SSSR count). The normalized spacial score (nSPS) is 13.3. The first-order valence-corrected chi connectivity index (χ1v) is 8.53. The number of primary amides is 1. The van der Waals surface area contributed by atoms with Gasteiger partial charge in [-0.2, -0.15) is 0 Å². The van der Waals surface area contributed by atoms with Gasteiger partial charge in [-0.25, -0.2) is 0 Å². The SMILES string of the molecule is Cc1cc(C(=O)Nc2cccc(C(=O)NCC(N)=O)c2)c(C)n1C1CC1. The summed E-state index contributed by atoms with van der Waals surface area (Å²) in [6.07, 6.45) is 2.31. The summed E-state index contributed by atoms with van der Waals surface area (Å²) in [5, 5.41) is 5.26. The summed E-state index contributed by atoms with van der Waals surface area (Å²) in [7, 11) is 0. The van der Waals surface area contributed by atoms with Crippen LogP contribution in [0.15, 0.2) is 30.3 Å². The van der Waals surface area contributed by atoms with Crippen molar-refractivity contribution < 1.29 is 14.4 Å². The number of hydrogen-bond acceptors (Lipinski definition) is 3. The van der Waals surface area contributed by atoms with Crippen molar-refractivity contribution in [1.82, 2.24) is 9.88 Å². The Morgan fingerprint density at radius 2 is 1.88 bits per heavy atom. The lowest BCUT2D eigenvalue weighted by molar-refractivity contribution is -0.117. The number of hydrogen-bond donors (Lipinski definition) is 3. The fourth-order valence-corrected chi connectivity index (χ4v) is 3.11. The number of nitrogens with two attached hydrogens (primary N) is 1. The van der Waals surface area contributed by atoms with Crippen molar-refractivity contribution in [1.29, 1.82) is 0 Å². The molecule has 1 fully saturated rings. The predicted molar refractivity (Wildman–Crippen MR) is 98.1 cm³/mol. The van der Waals surface area contributed by atoms with Crippen molar-refractivity contribution >= 4 is 23.4 Å². The van der Waals surface area contributed by atoms with Gasteiger partial charge in [-0.15, -0.1) is 0 Å². The largest absolute Gasteiger partial charge is 0.368 e. The van der Waals surface area contributed by atoms with Gasteiger partial charge in [0.1, 0.15) is 0 Å². The average Bonchev–Trinajstić information content (AvgIpc) is 3.38. The Morgan fingerprint density at radius 3 is 2.54 bits per heavy atom. The van der Waals surface area contributed by atoms with E-state index in [4.69, 9.17) is 5.73 Å². The number of carbonyl (C=O) groups is 3. The monoisotopic (exact) mass is 354 g/mol. The number of nitrogens with zero attached hydrogens (tertiary/aromatic N) is 1. The van der Waals surface area contributed by atoms with Crippen LogP contribution in [-0.4, -0.2) is 28.8 Å². The molecule has 2 aromatic rings. The van der Waals surface area contributed by atoms with Crippen LogP contribution >= 0.6 is 0 Å². The first kappa shape index (κ1) is 17.7. The smallest absolute Gasteiger partial charge is 0.257 e. The molecule has 0 unspecified atom stereocenters. The maximum atomic E-state index is 12.7. The molecule has 1 aromatic carbocycles. The molecule has 7 heteroatoms. The van der Waals surface area contributed by atoms with Crippen LogP contribution in [0.2, 0.25) is 0 Å². The molecule has 1 heterocycles. The Hall–Kier alpha value is -3.09. The van der Waals surface area contributed by atoms with E-state index in [2.05, 4.69) is 15.2 Å².